The number of carboxylic acids is 2. The summed E-state index contributed by atoms with van der Waals surface area (Å²) < 4.78 is 5.25. The van der Waals surface area contributed by atoms with Gasteiger partial charge in [-0.2, -0.15) is 0 Å². The van der Waals surface area contributed by atoms with Crippen molar-refractivity contribution in [2.75, 3.05) is 52.5 Å². The number of hydrogen-bond donors (Lipinski definition) is 2. The summed E-state index contributed by atoms with van der Waals surface area (Å²) in [4.78, 5) is 25.2. The van der Waals surface area contributed by atoms with Gasteiger partial charge in [-0.25, -0.2) is 0 Å². The standard InChI is InChI=1S/C12H22N2O5/c15-11(16)2-5-14(10-12(17)18)4-1-3-13-6-8-19-9-7-13/h1-10H2,(H,15,16)(H,17,18). The molecule has 1 saturated heterocycles. The van der Waals surface area contributed by atoms with E-state index in [0.29, 0.717) is 6.54 Å². The molecule has 19 heavy (non-hydrogen) atoms. The molecule has 0 aliphatic carbocycles. The van der Waals surface area contributed by atoms with Gasteiger partial charge in [-0.15, -0.1) is 0 Å². The Morgan fingerprint density at radius 2 is 1.79 bits per heavy atom. The van der Waals surface area contributed by atoms with Gasteiger partial charge in [0, 0.05) is 19.6 Å². The maximum Gasteiger partial charge on any atom is 0.317 e. The topological polar surface area (TPSA) is 90.3 Å². The van der Waals surface area contributed by atoms with Gasteiger partial charge in [0.1, 0.15) is 0 Å². The molecule has 2 N–H and O–H groups in total. The van der Waals surface area contributed by atoms with Crippen LogP contribution in [0, 0.1) is 0 Å². The van der Waals surface area contributed by atoms with E-state index < -0.39 is 11.9 Å². The fourth-order valence-corrected chi connectivity index (χ4v) is 2.06. The average molecular weight is 274 g/mol. The van der Waals surface area contributed by atoms with Gasteiger partial charge in [-0.3, -0.25) is 19.4 Å². The quantitative estimate of drug-likeness (QED) is 0.589. The Labute approximate surface area is 112 Å². The molecule has 0 amide bonds. The van der Waals surface area contributed by atoms with Crippen LogP contribution in [0.3, 0.4) is 0 Å². The van der Waals surface area contributed by atoms with Crippen molar-refractivity contribution in [2.45, 2.75) is 12.8 Å². The van der Waals surface area contributed by atoms with Crippen LogP contribution in [0.5, 0.6) is 0 Å². The molecule has 7 heteroatoms. The molecule has 0 aromatic carbocycles. The molecule has 0 radical (unpaired) electrons. The Morgan fingerprint density at radius 3 is 2.37 bits per heavy atom. The molecule has 7 nitrogen and oxygen atoms in total. The van der Waals surface area contributed by atoms with Crippen molar-refractivity contribution in [3.63, 3.8) is 0 Å². The molecule has 0 aromatic rings. The van der Waals surface area contributed by atoms with Gasteiger partial charge in [0.05, 0.1) is 26.2 Å². The first-order chi connectivity index (χ1) is 9.08. The van der Waals surface area contributed by atoms with E-state index in [1.54, 1.807) is 4.90 Å². The smallest absolute Gasteiger partial charge is 0.317 e. The second kappa shape index (κ2) is 8.84. The number of carboxylic acid groups (broad SMARTS) is 2. The van der Waals surface area contributed by atoms with E-state index in [4.69, 9.17) is 14.9 Å². The lowest BCUT2D eigenvalue weighted by molar-refractivity contribution is -0.141. The maximum absolute atomic E-state index is 10.7. The summed E-state index contributed by atoms with van der Waals surface area (Å²) in [5.74, 6) is -1.82. The second-order valence-electron chi connectivity index (χ2n) is 4.62. The van der Waals surface area contributed by atoms with Gasteiger partial charge in [-0.05, 0) is 19.5 Å². The lowest BCUT2D eigenvalue weighted by Crippen LogP contribution is -2.39. The fraction of sp³-hybridized carbons (Fsp3) is 0.833. The first-order valence-electron chi connectivity index (χ1n) is 6.54. The summed E-state index contributed by atoms with van der Waals surface area (Å²) in [5.41, 5.74) is 0. The fourth-order valence-electron chi connectivity index (χ4n) is 2.06. The van der Waals surface area contributed by atoms with Crippen LogP contribution in [0.4, 0.5) is 0 Å². The summed E-state index contributed by atoms with van der Waals surface area (Å²) in [6.45, 7) is 5.00. The van der Waals surface area contributed by atoms with Crippen LogP contribution in [-0.2, 0) is 14.3 Å². The molecular weight excluding hydrogens is 252 g/mol. The Morgan fingerprint density at radius 1 is 1.11 bits per heavy atom. The van der Waals surface area contributed by atoms with E-state index in [1.807, 2.05) is 0 Å². The third-order valence-electron chi connectivity index (χ3n) is 3.05. The maximum atomic E-state index is 10.7. The zero-order chi connectivity index (χ0) is 14.1. The normalized spacial score (nSPS) is 16.7. The van der Waals surface area contributed by atoms with E-state index >= 15 is 0 Å². The van der Waals surface area contributed by atoms with Crippen LogP contribution < -0.4 is 0 Å². The van der Waals surface area contributed by atoms with Crippen LogP contribution in [0.25, 0.3) is 0 Å². The minimum atomic E-state index is -0.920. The van der Waals surface area contributed by atoms with Crippen molar-refractivity contribution < 1.29 is 24.5 Å². The van der Waals surface area contributed by atoms with Crippen molar-refractivity contribution in [3.8, 4) is 0 Å². The highest BCUT2D eigenvalue weighted by Crippen LogP contribution is 2.00. The van der Waals surface area contributed by atoms with Gasteiger partial charge in [0.2, 0.25) is 0 Å². The van der Waals surface area contributed by atoms with Crippen molar-refractivity contribution in [2.24, 2.45) is 0 Å². The Kier molecular flexibility index (Phi) is 7.39. The largest absolute Gasteiger partial charge is 0.481 e. The number of nitrogens with zero attached hydrogens (tertiary/aromatic N) is 2. The van der Waals surface area contributed by atoms with Gasteiger partial charge >= 0.3 is 11.9 Å². The Hall–Kier alpha value is -1.18. The molecule has 0 saturated carbocycles. The molecule has 1 aliphatic rings. The monoisotopic (exact) mass is 274 g/mol. The predicted octanol–water partition coefficient (Wildman–Crippen LogP) is -0.430. The summed E-state index contributed by atoms with van der Waals surface area (Å²) >= 11 is 0. The molecule has 0 spiro atoms. The molecule has 0 atom stereocenters. The van der Waals surface area contributed by atoms with Gasteiger partial charge < -0.3 is 14.9 Å². The summed E-state index contributed by atoms with van der Waals surface area (Å²) in [6.07, 6.45) is 0.817. The first-order valence-corrected chi connectivity index (χ1v) is 6.54. The highest BCUT2D eigenvalue weighted by Gasteiger charge is 2.13. The number of carbonyl (C=O) groups is 2. The lowest BCUT2D eigenvalue weighted by Gasteiger charge is -2.27. The van der Waals surface area contributed by atoms with E-state index in [1.165, 1.54) is 0 Å². The second-order valence-corrected chi connectivity index (χ2v) is 4.62. The van der Waals surface area contributed by atoms with Crippen LogP contribution in [0.1, 0.15) is 12.8 Å². The van der Waals surface area contributed by atoms with E-state index in [-0.39, 0.29) is 19.5 Å². The SMILES string of the molecule is O=C(O)CCN(CCCN1CCOCC1)CC(=O)O. The van der Waals surface area contributed by atoms with E-state index in [0.717, 1.165) is 39.3 Å². The molecule has 1 rings (SSSR count). The third-order valence-corrected chi connectivity index (χ3v) is 3.05. The minimum absolute atomic E-state index is 0.0230. The summed E-state index contributed by atoms with van der Waals surface area (Å²) in [7, 11) is 0. The number of rotatable bonds is 9. The lowest BCUT2D eigenvalue weighted by atomic mass is 10.3. The number of aliphatic carboxylic acids is 2. The van der Waals surface area contributed by atoms with Crippen molar-refractivity contribution in [1.29, 1.82) is 0 Å². The molecule has 110 valence electrons. The third kappa shape index (κ3) is 7.76. The van der Waals surface area contributed by atoms with E-state index in [2.05, 4.69) is 4.90 Å². The minimum Gasteiger partial charge on any atom is -0.481 e. The molecule has 0 bridgehead atoms. The zero-order valence-electron chi connectivity index (χ0n) is 11.1. The first kappa shape index (κ1) is 15.9. The van der Waals surface area contributed by atoms with Gasteiger partial charge in [0.15, 0.2) is 0 Å². The highest BCUT2D eigenvalue weighted by molar-refractivity contribution is 5.69. The van der Waals surface area contributed by atoms with E-state index in [9.17, 15) is 9.59 Å². The summed E-state index contributed by atoms with van der Waals surface area (Å²) in [5, 5.41) is 17.4. The van der Waals surface area contributed by atoms with Crippen molar-refractivity contribution in [1.82, 2.24) is 9.80 Å². The van der Waals surface area contributed by atoms with Gasteiger partial charge in [-0.1, -0.05) is 0 Å². The van der Waals surface area contributed by atoms with Crippen molar-refractivity contribution in [3.05, 3.63) is 0 Å². The molecule has 1 heterocycles. The Bertz CT molecular complexity index is 292. The van der Waals surface area contributed by atoms with Crippen LogP contribution in [-0.4, -0.2) is 84.4 Å². The number of morpholine rings is 1. The van der Waals surface area contributed by atoms with Gasteiger partial charge in [0.25, 0.3) is 0 Å². The van der Waals surface area contributed by atoms with Crippen molar-refractivity contribution >= 4 is 11.9 Å². The van der Waals surface area contributed by atoms with Crippen LogP contribution >= 0.6 is 0 Å². The number of hydrogen-bond acceptors (Lipinski definition) is 5. The predicted molar refractivity (Wildman–Crippen MR) is 68.2 cm³/mol. The Balaban J connectivity index is 2.22. The molecule has 0 aromatic heterocycles. The number of ether oxygens (including phenoxy) is 1. The molecule has 1 aliphatic heterocycles. The molecule has 1 fully saturated rings. The zero-order valence-corrected chi connectivity index (χ0v) is 11.1. The molecular formula is C12H22N2O5. The summed E-state index contributed by atoms with van der Waals surface area (Å²) in [6, 6.07) is 0. The highest BCUT2D eigenvalue weighted by atomic mass is 16.5. The molecule has 0 unspecified atom stereocenters. The average Bonchev–Trinajstić information content (AvgIpc) is 2.36. The van der Waals surface area contributed by atoms with Crippen LogP contribution in [0.15, 0.2) is 0 Å². The van der Waals surface area contributed by atoms with Crippen LogP contribution in [0.2, 0.25) is 0 Å².